The van der Waals surface area contributed by atoms with E-state index in [2.05, 4.69) is 42.4 Å². The second-order valence-electron chi connectivity index (χ2n) is 8.56. The van der Waals surface area contributed by atoms with Gasteiger partial charge in [0.1, 0.15) is 11.6 Å². The topological polar surface area (TPSA) is 103 Å². The van der Waals surface area contributed by atoms with Crippen LogP contribution in [0.2, 0.25) is 0 Å². The van der Waals surface area contributed by atoms with Crippen LogP contribution in [0.5, 0.6) is 0 Å². The summed E-state index contributed by atoms with van der Waals surface area (Å²) in [5.41, 5.74) is 1.97. The van der Waals surface area contributed by atoms with Crippen LogP contribution in [0, 0.1) is 0 Å². The molecule has 11 heteroatoms. The first kappa shape index (κ1) is 21.1. The maximum atomic E-state index is 12.4. The fourth-order valence-corrected chi connectivity index (χ4v) is 4.91. The van der Waals surface area contributed by atoms with Crippen molar-refractivity contribution in [2.75, 3.05) is 36.9 Å². The predicted molar refractivity (Wildman–Crippen MR) is 130 cm³/mol. The number of aromatic nitrogens is 4. The average molecular weight is 479 g/mol. The van der Waals surface area contributed by atoms with Gasteiger partial charge in [-0.15, -0.1) is 0 Å². The summed E-state index contributed by atoms with van der Waals surface area (Å²) in [5, 5.41) is 14.0. The predicted octanol–water partition coefficient (Wildman–Crippen LogP) is 3.74. The summed E-state index contributed by atoms with van der Waals surface area (Å²) in [5.74, 6) is 3.28. The molecule has 2 fully saturated rings. The van der Waals surface area contributed by atoms with E-state index >= 15 is 0 Å². The number of imidazole rings is 1. The summed E-state index contributed by atoms with van der Waals surface area (Å²) < 4.78 is 9.50. The Bertz CT molecular complexity index is 1190. The summed E-state index contributed by atoms with van der Waals surface area (Å²) in [7, 11) is 0. The van der Waals surface area contributed by atoms with Gasteiger partial charge in [-0.2, -0.15) is 5.10 Å². The lowest BCUT2D eigenvalue weighted by Gasteiger charge is -2.27. The van der Waals surface area contributed by atoms with Crippen molar-refractivity contribution in [3.8, 4) is 0 Å². The van der Waals surface area contributed by atoms with Crippen LogP contribution in [0.25, 0.3) is 5.82 Å². The second-order valence-corrected chi connectivity index (χ2v) is 9.68. The SMILES string of the molecule is O=C(Nc1ccc(SN2C=C(Nc3cc(C4CC4)[nH]n3)n3ccnc3C2)cc1)N1CCOCC1. The molecule has 3 aromatic rings. The molecular formula is C23H26N8O2S. The highest BCUT2D eigenvalue weighted by atomic mass is 32.2. The number of morpholine rings is 1. The maximum absolute atomic E-state index is 12.4. The lowest BCUT2D eigenvalue weighted by Crippen LogP contribution is -2.43. The first-order chi connectivity index (χ1) is 16.7. The third-order valence-electron chi connectivity index (χ3n) is 6.04. The Balaban J connectivity index is 1.12. The van der Waals surface area contributed by atoms with Gasteiger partial charge in [-0.05, 0) is 49.1 Å². The summed E-state index contributed by atoms with van der Waals surface area (Å²) in [6.45, 7) is 3.08. The van der Waals surface area contributed by atoms with Crippen molar-refractivity contribution in [1.82, 2.24) is 29.0 Å². The highest BCUT2D eigenvalue weighted by Crippen LogP contribution is 2.39. The largest absolute Gasteiger partial charge is 0.378 e. The van der Waals surface area contributed by atoms with Gasteiger partial charge in [-0.25, -0.2) is 9.78 Å². The molecule has 3 aliphatic rings. The van der Waals surface area contributed by atoms with E-state index in [1.54, 1.807) is 16.8 Å². The Hall–Kier alpha value is -3.44. The molecule has 4 heterocycles. The minimum Gasteiger partial charge on any atom is -0.378 e. The van der Waals surface area contributed by atoms with Crippen LogP contribution in [-0.2, 0) is 11.3 Å². The molecule has 34 heavy (non-hydrogen) atoms. The van der Waals surface area contributed by atoms with Gasteiger partial charge in [-0.1, -0.05) is 0 Å². The van der Waals surface area contributed by atoms with Crippen LogP contribution in [0.1, 0.15) is 30.3 Å². The number of amides is 2. The molecular weight excluding hydrogens is 452 g/mol. The third-order valence-corrected chi connectivity index (χ3v) is 6.99. The molecule has 2 amide bonds. The van der Waals surface area contributed by atoms with Crippen LogP contribution in [0.3, 0.4) is 0 Å². The number of nitrogens with zero attached hydrogens (tertiary/aromatic N) is 5. The van der Waals surface area contributed by atoms with Crippen molar-refractivity contribution in [1.29, 1.82) is 0 Å². The molecule has 0 spiro atoms. The van der Waals surface area contributed by atoms with Gasteiger partial charge in [-0.3, -0.25) is 9.67 Å². The lowest BCUT2D eigenvalue weighted by atomic mass is 10.3. The Morgan fingerprint density at radius 2 is 2.00 bits per heavy atom. The Morgan fingerprint density at radius 1 is 1.18 bits per heavy atom. The van der Waals surface area contributed by atoms with Crippen molar-refractivity contribution in [3.63, 3.8) is 0 Å². The zero-order chi connectivity index (χ0) is 22.9. The monoisotopic (exact) mass is 478 g/mol. The molecule has 1 saturated heterocycles. The number of urea groups is 1. The average Bonchev–Trinajstić information content (AvgIpc) is 3.41. The fraction of sp³-hybridized carbons (Fsp3) is 0.348. The Labute approximate surface area is 201 Å². The first-order valence-corrected chi connectivity index (χ1v) is 12.2. The number of rotatable bonds is 6. The van der Waals surface area contributed by atoms with Gasteiger partial charge in [0, 0.05) is 53.7 Å². The molecule has 1 aliphatic carbocycles. The minimum absolute atomic E-state index is 0.0894. The van der Waals surface area contributed by atoms with Crippen LogP contribution >= 0.6 is 11.9 Å². The normalized spacial score (nSPS) is 17.8. The molecule has 2 aliphatic heterocycles. The lowest BCUT2D eigenvalue weighted by molar-refractivity contribution is 0.0564. The number of anilines is 2. The zero-order valence-corrected chi connectivity index (χ0v) is 19.4. The summed E-state index contributed by atoms with van der Waals surface area (Å²) >= 11 is 1.62. The quantitative estimate of drug-likeness (QED) is 0.464. The minimum atomic E-state index is -0.0894. The van der Waals surface area contributed by atoms with Crippen molar-refractivity contribution in [2.45, 2.75) is 30.2 Å². The zero-order valence-electron chi connectivity index (χ0n) is 18.6. The fourth-order valence-electron chi connectivity index (χ4n) is 4.04. The Kier molecular flexibility index (Phi) is 5.63. The summed E-state index contributed by atoms with van der Waals surface area (Å²) in [6, 6.07) is 9.88. The van der Waals surface area contributed by atoms with E-state index in [0.29, 0.717) is 38.8 Å². The van der Waals surface area contributed by atoms with Gasteiger partial charge in [0.15, 0.2) is 5.82 Å². The number of hydrogen-bond acceptors (Lipinski definition) is 7. The van der Waals surface area contributed by atoms with Gasteiger partial charge < -0.3 is 24.6 Å². The Morgan fingerprint density at radius 3 is 2.79 bits per heavy atom. The van der Waals surface area contributed by atoms with E-state index in [1.165, 1.54) is 18.5 Å². The number of nitrogens with one attached hydrogen (secondary N) is 3. The number of benzene rings is 1. The number of hydrogen-bond donors (Lipinski definition) is 3. The van der Waals surface area contributed by atoms with E-state index in [1.807, 2.05) is 41.2 Å². The van der Waals surface area contributed by atoms with Crippen molar-refractivity contribution in [3.05, 3.63) is 60.4 Å². The van der Waals surface area contributed by atoms with Gasteiger partial charge in [0.2, 0.25) is 0 Å². The first-order valence-electron chi connectivity index (χ1n) is 11.5. The van der Waals surface area contributed by atoms with E-state index in [4.69, 9.17) is 4.74 Å². The number of fused-ring (bicyclic) bond motifs is 1. The molecule has 0 unspecified atom stereocenters. The molecule has 6 rings (SSSR count). The van der Waals surface area contributed by atoms with Crippen LogP contribution in [0.15, 0.2) is 53.8 Å². The molecule has 1 aromatic carbocycles. The van der Waals surface area contributed by atoms with E-state index in [0.717, 1.165) is 28.0 Å². The molecule has 3 N–H and O–H groups in total. The van der Waals surface area contributed by atoms with Crippen LogP contribution in [0.4, 0.5) is 16.3 Å². The molecule has 10 nitrogen and oxygen atoms in total. The highest BCUT2D eigenvalue weighted by molar-refractivity contribution is 7.97. The van der Waals surface area contributed by atoms with Crippen molar-refractivity contribution in [2.24, 2.45) is 0 Å². The van der Waals surface area contributed by atoms with Gasteiger partial charge >= 0.3 is 6.03 Å². The smallest absolute Gasteiger partial charge is 0.321 e. The summed E-state index contributed by atoms with van der Waals surface area (Å²) in [6.07, 6.45) is 8.30. The highest BCUT2D eigenvalue weighted by Gasteiger charge is 2.26. The third kappa shape index (κ3) is 4.62. The second kappa shape index (κ2) is 9.07. The van der Waals surface area contributed by atoms with Gasteiger partial charge in [0.05, 0.1) is 26.0 Å². The molecule has 0 bridgehead atoms. The molecule has 176 valence electrons. The van der Waals surface area contributed by atoms with E-state index in [9.17, 15) is 4.79 Å². The standard InChI is InChI=1S/C23H26N8O2S/c32-23(29-9-11-33-12-10-29)25-17-3-5-18(6-4-17)34-30-14-21-24-7-8-31(21)22(15-30)26-20-13-19(27-28-20)16-1-2-16/h3-8,13,15-16H,1-2,9-12,14H2,(H,25,32)(H2,26,27,28). The maximum Gasteiger partial charge on any atom is 0.321 e. The van der Waals surface area contributed by atoms with E-state index < -0.39 is 0 Å². The molecule has 2 aromatic heterocycles. The number of aromatic amines is 1. The molecule has 1 saturated carbocycles. The molecule has 0 atom stereocenters. The molecule has 0 radical (unpaired) electrons. The van der Waals surface area contributed by atoms with Gasteiger partial charge in [0.25, 0.3) is 0 Å². The van der Waals surface area contributed by atoms with E-state index in [-0.39, 0.29) is 6.03 Å². The number of ether oxygens (including phenoxy) is 1. The van der Waals surface area contributed by atoms with Crippen molar-refractivity contribution < 1.29 is 9.53 Å². The number of carbonyl (C=O) groups is 1. The van der Waals surface area contributed by atoms with Crippen LogP contribution in [-0.4, -0.2) is 61.3 Å². The number of H-pyrrole nitrogens is 1. The number of carbonyl (C=O) groups excluding carboxylic acids is 1. The summed E-state index contributed by atoms with van der Waals surface area (Å²) in [4.78, 5) is 19.8. The van der Waals surface area contributed by atoms with Crippen LogP contribution < -0.4 is 10.6 Å². The van der Waals surface area contributed by atoms with Crippen molar-refractivity contribution >= 4 is 35.3 Å².